The average Bonchev–Trinajstić information content (AvgIpc) is 2.41. The molecule has 2 rings (SSSR count). The smallest absolute Gasteiger partial charge is 0.267 e. The summed E-state index contributed by atoms with van der Waals surface area (Å²) in [5, 5.41) is 7.00. The Labute approximate surface area is 119 Å². The van der Waals surface area contributed by atoms with Crippen LogP contribution in [0, 0.1) is 6.92 Å². The van der Waals surface area contributed by atoms with Gasteiger partial charge in [-0.05, 0) is 24.6 Å². The van der Waals surface area contributed by atoms with Crippen LogP contribution in [0.4, 0.5) is 0 Å². The van der Waals surface area contributed by atoms with E-state index in [4.69, 9.17) is 15.9 Å². The van der Waals surface area contributed by atoms with Gasteiger partial charge in [0.15, 0.2) is 0 Å². The molecule has 1 aromatic heterocycles. The Morgan fingerprint density at radius 3 is 2.63 bits per heavy atom. The lowest BCUT2D eigenvalue weighted by atomic mass is 10.1. The zero-order chi connectivity index (χ0) is 13.8. The summed E-state index contributed by atoms with van der Waals surface area (Å²) in [6.07, 6.45) is 0. The lowest BCUT2D eigenvalue weighted by Gasteiger charge is -2.09. The molecule has 5 nitrogen and oxygen atoms in total. The number of rotatable bonds is 4. The van der Waals surface area contributed by atoms with Crippen LogP contribution >= 0.6 is 23.6 Å². The molecule has 0 spiro atoms. The maximum atomic E-state index is 11.8. The zero-order valence-corrected chi connectivity index (χ0v) is 11.8. The van der Waals surface area contributed by atoms with Gasteiger partial charge in [0.25, 0.3) is 5.56 Å². The first-order chi connectivity index (χ1) is 9.13. The van der Waals surface area contributed by atoms with Crippen molar-refractivity contribution in [1.82, 2.24) is 10.2 Å². The largest absolute Gasteiger partial charge is 0.280 e. The molecule has 0 saturated heterocycles. The van der Waals surface area contributed by atoms with E-state index >= 15 is 0 Å². The fourth-order valence-electron chi connectivity index (χ4n) is 1.62. The average molecular weight is 299 g/mol. The zero-order valence-electron chi connectivity index (χ0n) is 10.3. The Kier molecular flexibility index (Phi) is 4.60. The molecule has 0 aliphatic heterocycles. The molecule has 0 amide bonds. The summed E-state index contributed by atoms with van der Waals surface area (Å²) in [6.45, 7) is 1.80. The molecule has 0 unspecified atom stereocenters. The van der Waals surface area contributed by atoms with E-state index in [0.717, 1.165) is 17.6 Å². The molecule has 0 fully saturated rings. The summed E-state index contributed by atoms with van der Waals surface area (Å²) >= 11 is 6.71. The van der Waals surface area contributed by atoms with E-state index in [1.807, 2.05) is 12.1 Å². The van der Waals surface area contributed by atoms with Crippen molar-refractivity contribution in [3.8, 4) is 11.1 Å². The normalized spacial score (nSPS) is 10.7. The Hall–Kier alpha value is -1.34. The summed E-state index contributed by atoms with van der Waals surface area (Å²) < 4.78 is 4.78. The lowest BCUT2D eigenvalue weighted by Crippen LogP contribution is -2.13. The second-order valence-electron chi connectivity index (χ2n) is 3.67. The van der Waals surface area contributed by atoms with Crippen LogP contribution in [-0.4, -0.2) is 17.3 Å². The molecular formula is C12H11ClN2O3S. The molecule has 7 heteroatoms. The number of halogens is 1. The van der Waals surface area contributed by atoms with Gasteiger partial charge in [-0.2, -0.15) is 9.43 Å². The molecule has 0 radical (unpaired) electrons. The van der Waals surface area contributed by atoms with Crippen molar-refractivity contribution < 1.29 is 9.22 Å². The SMILES string of the molecule is COOSc1c(-c2ccc(Cl)cc2)c(C)n[nH]c1=O. The molecule has 2 aromatic rings. The number of hydrogen-bond acceptors (Lipinski definition) is 5. The van der Waals surface area contributed by atoms with Crippen LogP contribution in [0.2, 0.25) is 5.02 Å². The van der Waals surface area contributed by atoms with Gasteiger partial charge in [0.2, 0.25) is 0 Å². The van der Waals surface area contributed by atoms with Gasteiger partial charge in [0.1, 0.15) is 4.90 Å². The minimum atomic E-state index is -0.336. The van der Waals surface area contributed by atoms with E-state index in [-0.39, 0.29) is 5.56 Å². The monoisotopic (exact) mass is 298 g/mol. The van der Waals surface area contributed by atoms with Crippen molar-refractivity contribution in [3.05, 3.63) is 45.3 Å². The molecule has 0 atom stereocenters. The number of nitrogens with zero attached hydrogens (tertiary/aromatic N) is 1. The predicted molar refractivity (Wildman–Crippen MR) is 74.0 cm³/mol. The van der Waals surface area contributed by atoms with Gasteiger partial charge < -0.3 is 0 Å². The molecule has 0 aliphatic rings. The second kappa shape index (κ2) is 6.21. The standard InChI is InChI=1S/C12H11ClN2O3S/c1-7-10(8-3-5-9(13)6-4-8)11(19-18-17-2)12(16)15-14-7/h3-6H,1-2H3,(H,15,16). The van der Waals surface area contributed by atoms with E-state index in [2.05, 4.69) is 15.1 Å². The summed E-state index contributed by atoms with van der Waals surface area (Å²) in [7, 11) is 1.37. The number of hydrogen-bond donors (Lipinski definition) is 1. The first-order valence-electron chi connectivity index (χ1n) is 5.36. The predicted octanol–water partition coefficient (Wildman–Crippen LogP) is 2.98. The highest BCUT2D eigenvalue weighted by atomic mass is 35.5. The van der Waals surface area contributed by atoms with Gasteiger partial charge in [-0.15, -0.1) is 0 Å². The maximum absolute atomic E-state index is 11.8. The third kappa shape index (κ3) is 3.16. The minimum absolute atomic E-state index is 0.336. The quantitative estimate of drug-likeness (QED) is 0.534. The highest BCUT2D eigenvalue weighted by molar-refractivity contribution is 7.94. The summed E-state index contributed by atoms with van der Waals surface area (Å²) in [5.41, 5.74) is 1.88. The van der Waals surface area contributed by atoms with Gasteiger partial charge >= 0.3 is 0 Å². The number of H-pyrrole nitrogens is 1. The van der Waals surface area contributed by atoms with Crippen molar-refractivity contribution in [1.29, 1.82) is 0 Å². The number of aryl methyl sites for hydroxylation is 1. The lowest BCUT2D eigenvalue weighted by molar-refractivity contribution is -0.160. The van der Waals surface area contributed by atoms with Crippen LogP contribution in [0.15, 0.2) is 34.0 Å². The van der Waals surface area contributed by atoms with Crippen LogP contribution in [0.3, 0.4) is 0 Å². The Bertz CT molecular complexity index is 628. The molecule has 19 heavy (non-hydrogen) atoms. The fraction of sp³-hybridized carbons (Fsp3) is 0.167. The molecule has 0 bridgehead atoms. The van der Waals surface area contributed by atoms with Gasteiger partial charge in [-0.1, -0.05) is 23.7 Å². The first-order valence-corrected chi connectivity index (χ1v) is 6.48. The highest BCUT2D eigenvalue weighted by Gasteiger charge is 2.15. The van der Waals surface area contributed by atoms with E-state index in [9.17, 15) is 4.79 Å². The van der Waals surface area contributed by atoms with Crippen molar-refractivity contribution in [2.45, 2.75) is 11.8 Å². The van der Waals surface area contributed by atoms with Gasteiger partial charge in [0.05, 0.1) is 24.8 Å². The van der Waals surface area contributed by atoms with E-state index in [0.29, 0.717) is 21.2 Å². The van der Waals surface area contributed by atoms with Crippen molar-refractivity contribution in [2.24, 2.45) is 0 Å². The summed E-state index contributed by atoms with van der Waals surface area (Å²) in [6, 6.07) is 7.15. The van der Waals surface area contributed by atoms with E-state index < -0.39 is 0 Å². The number of nitrogens with one attached hydrogen (secondary N) is 1. The van der Waals surface area contributed by atoms with Crippen LogP contribution in [0.5, 0.6) is 0 Å². The number of benzene rings is 1. The molecule has 1 N–H and O–H groups in total. The summed E-state index contributed by atoms with van der Waals surface area (Å²) in [4.78, 5) is 16.7. The van der Waals surface area contributed by atoms with Gasteiger partial charge in [-0.25, -0.2) is 9.99 Å². The van der Waals surface area contributed by atoms with Crippen LogP contribution in [0.25, 0.3) is 11.1 Å². The molecular weight excluding hydrogens is 288 g/mol. The van der Waals surface area contributed by atoms with Crippen molar-refractivity contribution in [3.63, 3.8) is 0 Å². The van der Waals surface area contributed by atoms with Crippen LogP contribution in [-0.2, 0) is 9.22 Å². The highest BCUT2D eigenvalue weighted by Crippen LogP contribution is 2.31. The van der Waals surface area contributed by atoms with Crippen molar-refractivity contribution in [2.75, 3.05) is 7.11 Å². The number of aromatic amines is 1. The Balaban J connectivity index is 2.57. The fourth-order valence-corrected chi connectivity index (χ4v) is 2.36. The minimum Gasteiger partial charge on any atom is -0.267 e. The van der Waals surface area contributed by atoms with Gasteiger partial charge in [-0.3, -0.25) is 4.79 Å². The Morgan fingerprint density at radius 2 is 2.00 bits per heavy atom. The third-order valence-electron chi connectivity index (χ3n) is 2.44. The molecule has 1 aromatic carbocycles. The van der Waals surface area contributed by atoms with E-state index in [1.165, 1.54) is 7.11 Å². The number of aromatic nitrogens is 2. The molecule has 1 heterocycles. The van der Waals surface area contributed by atoms with Gasteiger partial charge in [0, 0.05) is 10.6 Å². The molecule has 100 valence electrons. The van der Waals surface area contributed by atoms with Crippen LogP contribution < -0.4 is 5.56 Å². The summed E-state index contributed by atoms with van der Waals surface area (Å²) in [5.74, 6) is 0. The first kappa shape index (κ1) is 14.1. The molecule has 0 saturated carbocycles. The Morgan fingerprint density at radius 1 is 1.32 bits per heavy atom. The van der Waals surface area contributed by atoms with E-state index in [1.54, 1.807) is 19.1 Å². The topological polar surface area (TPSA) is 64.2 Å². The molecule has 0 aliphatic carbocycles. The van der Waals surface area contributed by atoms with Crippen molar-refractivity contribution >= 4 is 23.6 Å². The third-order valence-corrected chi connectivity index (χ3v) is 3.45. The van der Waals surface area contributed by atoms with Crippen LogP contribution in [0.1, 0.15) is 5.69 Å². The second-order valence-corrected chi connectivity index (χ2v) is 4.81. The maximum Gasteiger partial charge on any atom is 0.280 e.